The molecule has 0 amide bonds. The molecule has 102 valence electrons. The van der Waals surface area contributed by atoms with Crippen LogP contribution in [0.2, 0.25) is 0 Å². The molecule has 1 N–H and O–H groups in total. The average molecular weight is 256 g/mol. The van der Waals surface area contributed by atoms with Gasteiger partial charge < -0.3 is 5.32 Å². The van der Waals surface area contributed by atoms with Crippen molar-refractivity contribution in [2.45, 2.75) is 33.6 Å². The Hall–Kier alpha value is -1.33. The lowest BCUT2D eigenvalue weighted by Crippen LogP contribution is -2.24. The highest BCUT2D eigenvalue weighted by molar-refractivity contribution is 5.25. The Morgan fingerprint density at radius 1 is 1.16 bits per heavy atom. The summed E-state index contributed by atoms with van der Waals surface area (Å²) in [5.74, 6) is 0.654. The molecule has 2 heteroatoms. The second-order valence-corrected chi connectivity index (χ2v) is 6.75. The molecule has 1 aliphatic rings. The summed E-state index contributed by atoms with van der Waals surface area (Å²) < 4.78 is 0. The minimum atomic E-state index is -0.0498. The quantitative estimate of drug-likeness (QED) is 0.874. The summed E-state index contributed by atoms with van der Waals surface area (Å²) in [6.07, 6.45) is 0. The van der Waals surface area contributed by atoms with Crippen molar-refractivity contribution in [2.24, 2.45) is 16.7 Å². The Labute approximate surface area is 116 Å². The maximum absolute atomic E-state index is 9.28. The van der Waals surface area contributed by atoms with Crippen molar-refractivity contribution in [1.82, 2.24) is 5.32 Å². The first-order valence-electron chi connectivity index (χ1n) is 7.06. The summed E-state index contributed by atoms with van der Waals surface area (Å²) in [5, 5.41) is 12.8. The van der Waals surface area contributed by atoms with Crippen LogP contribution in [0.4, 0.5) is 0 Å². The van der Waals surface area contributed by atoms with Crippen LogP contribution in [0.15, 0.2) is 30.3 Å². The number of nitrogens with one attached hydrogen (secondary N) is 1. The van der Waals surface area contributed by atoms with Crippen LogP contribution in [0.25, 0.3) is 0 Å². The SMILES string of the molecule is CC1(C)C(CNCC(C#N)c2ccccc2)C1(C)C. The van der Waals surface area contributed by atoms with E-state index in [2.05, 4.69) is 39.1 Å². The van der Waals surface area contributed by atoms with Gasteiger partial charge in [-0.15, -0.1) is 0 Å². The normalized spacial score (nSPS) is 21.6. The number of hydrogen-bond donors (Lipinski definition) is 1. The monoisotopic (exact) mass is 256 g/mol. The van der Waals surface area contributed by atoms with Crippen LogP contribution in [0.5, 0.6) is 0 Å². The molecular weight excluding hydrogens is 232 g/mol. The molecule has 19 heavy (non-hydrogen) atoms. The summed E-state index contributed by atoms with van der Waals surface area (Å²) >= 11 is 0. The number of rotatable bonds is 5. The van der Waals surface area contributed by atoms with E-state index in [1.54, 1.807) is 0 Å². The van der Waals surface area contributed by atoms with E-state index >= 15 is 0 Å². The smallest absolute Gasteiger partial charge is 0.0837 e. The number of benzene rings is 1. The summed E-state index contributed by atoms with van der Waals surface area (Å²) in [7, 11) is 0. The minimum absolute atomic E-state index is 0.0498. The van der Waals surface area contributed by atoms with Gasteiger partial charge in [0.15, 0.2) is 0 Å². The third kappa shape index (κ3) is 2.53. The van der Waals surface area contributed by atoms with Crippen molar-refractivity contribution in [1.29, 1.82) is 5.26 Å². The fourth-order valence-corrected chi connectivity index (χ4v) is 3.14. The lowest BCUT2D eigenvalue weighted by Gasteiger charge is -2.11. The fraction of sp³-hybridized carbons (Fsp3) is 0.588. The van der Waals surface area contributed by atoms with Crippen molar-refractivity contribution >= 4 is 0 Å². The van der Waals surface area contributed by atoms with Gasteiger partial charge in [-0.25, -0.2) is 0 Å². The van der Waals surface area contributed by atoms with E-state index in [-0.39, 0.29) is 5.92 Å². The Bertz CT molecular complexity index is 454. The topological polar surface area (TPSA) is 35.8 Å². The lowest BCUT2D eigenvalue weighted by atomic mass is 10.0. The third-order valence-corrected chi connectivity index (χ3v) is 5.37. The van der Waals surface area contributed by atoms with Gasteiger partial charge in [-0.3, -0.25) is 0 Å². The zero-order valence-corrected chi connectivity index (χ0v) is 12.4. The Morgan fingerprint density at radius 2 is 1.74 bits per heavy atom. The van der Waals surface area contributed by atoms with Crippen LogP contribution in [-0.4, -0.2) is 13.1 Å². The van der Waals surface area contributed by atoms with Crippen LogP contribution in [0.3, 0.4) is 0 Å². The first kappa shape index (κ1) is 14.1. The molecule has 2 nitrogen and oxygen atoms in total. The molecular formula is C17H24N2. The Kier molecular flexibility index (Phi) is 3.69. The highest BCUT2D eigenvalue weighted by atomic mass is 14.9. The zero-order valence-electron chi connectivity index (χ0n) is 12.4. The van der Waals surface area contributed by atoms with Crippen molar-refractivity contribution in [3.05, 3.63) is 35.9 Å². The molecule has 1 unspecified atom stereocenters. The van der Waals surface area contributed by atoms with Crippen LogP contribution < -0.4 is 5.32 Å². The van der Waals surface area contributed by atoms with E-state index in [1.807, 2.05) is 30.3 Å². The van der Waals surface area contributed by atoms with E-state index in [0.29, 0.717) is 16.7 Å². The van der Waals surface area contributed by atoms with Gasteiger partial charge in [-0.2, -0.15) is 5.26 Å². The first-order chi connectivity index (χ1) is 8.91. The van der Waals surface area contributed by atoms with E-state index < -0.39 is 0 Å². The van der Waals surface area contributed by atoms with Crippen molar-refractivity contribution < 1.29 is 0 Å². The molecule has 1 aromatic rings. The molecule has 1 fully saturated rings. The van der Waals surface area contributed by atoms with Gasteiger partial charge in [0.05, 0.1) is 12.0 Å². The lowest BCUT2D eigenvalue weighted by molar-refractivity contribution is 0.457. The maximum Gasteiger partial charge on any atom is 0.0837 e. The van der Waals surface area contributed by atoms with Crippen LogP contribution >= 0.6 is 0 Å². The van der Waals surface area contributed by atoms with Crippen LogP contribution in [-0.2, 0) is 0 Å². The molecule has 1 atom stereocenters. The molecule has 0 heterocycles. The summed E-state index contributed by atoms with van der Waals surface area (Å²) in [4.78, 5) is 0. The van der Waals surface area contributed by atoms with Crippen LogP contribution in [0.1, 0.15) is 39.2 Å². The van der Waals surface area contributed by atoms with E-state index in [1.165, 1.54) is 0 Å². The van der Waals surface area contributed by atoms with Gasteiger partial charge in [0.25, 0.3) is 0 Å². The van der Waals surface area contributed by atoms with Crippen LogP contribution in [0, 0.1) is 28.1 Å². The van der Waals surface area contributed by atoms with E-state index in [0.717, 1.165) is 18.7 Å². The first-order valence-corrected chi connectivity index (χ1v) is 7.06. The molecule has 0 radical (unpaired) electrons. The van der Waals surface area contributed by atoms with Crippen molar-refractivity contribution in [3.63, 3.8) is 0 Å². The molecule has 0 bridgehead atoms. The van der Waals surface area contributed by atoms with E-state index in [9.17, 15) is 5.26 Å². The molecule has 0 aromatic heterocycles. The van der Waals surface area contributed by atoms with Crippen molar-refractivity contribution in [3.8, 4) is 6.07 Å². The number of nitriles is 1. The minimum Gasteiger partial charge on any atom is -0.315 e. The third-order valence-electron chi connectivity index (χ3n) is 5.37. The number of nitrogens with zero attached hydrogens (tertiary/aromatic N) is 1. The van der Waals surface area contributed by atoms with Crippen molar-refractivity contribution in [2.75, 3.05) is 13.1 Å². The molecule has 1 saturated carbocycles. The molecule has 1 aromatic carbocycles. The largest absolute Gasteiger partial charge is 0.315 e. The van der Waals surface area contributed by atoms with Gasteiger partial charge in [-0.1, -0.05) is 58.0 Å². The van der Waals surface area contributed by atoms with E-state index in [4.69, 9.17) is 0 Å². The molecule has 0 spiro atoms. The summed E-state index contributed by atoms with van der Waals surface area (Å²) in [5.41, 5.74) is 1.93. The molecule has 1 aliphatic carbocycles. The molecule has 0 aliphatic heterocycles. The van der Waals surface area contributed by atoms with Gasteiger partial charge in [0, 0.05) is 6.54 Å². The van der Waals surface area contributed by atoms with Gasteiger partial charge in [0.2, 0.25) is 0 Å². The Balaban J connectivity index is 1.85. The average Bonchev–Trinajstić information content (AvgIpc) is 2.77. The highest BCUT2D eigenvalue weighted by Crippen LogP contribution is 2.67. The second kappa shape index (κ2) is 4.98. The van der Waals surface area contributed by atoms with Gasteiger partial charge in [-0.05, 0) is 28.9 Å². The number of hydrogen-bond acceptors (Lipinski definition) is 2. The molecule has 0 saturated heterocycles. The van der Waals surface area contributed by atoms with Gasteiger partial charge >= 0.3 is 0 Å². The summed E-state index contributed by atoms with van der Waals surface area (Å²) in [6.45, 7) is 11.1. The highest BCUT2D eigenvalue weighted by Gasteiger charge is 2.63. The zero-order chi connectivity index (χ0) is 14.1. The summed E-state index contributed by atoms with van der Waals surface area (Å²) in [6, 6.07) is 12.4. The Morgan fingerprint density at radius 3 is 2.21 bits per heavy atom. The van der Waals surface area contributed by atoms with Gasteiger partial charge in [0.1, 0.15) is 0 Å². The molecule has 2 rings (SSSR count). The predicted octanol–water partition coefficient (Wildman–Crippen LogP) is 3.57. The second-order valence-electron chi connectivity index (χ2n) is 6.75. The standard InChI is InChI=1S/C17H24N2/c1-16(2)15(17(16,3)4)12-19-11-14(10-18)13-8-6-5-7-9-13/h5-9,14-15,19H,11-12H2,1-4H3. The predicted molar refractivity (Wildman–Crippen MR) is 78.7 cm³/mol. The fourth-order valence-electron chi connectivity index (χ4n) is 3.14. The maximum atomic E-state index is 9.28.